The largest absolute Gasteiger partial charge is 0.481 e. The maximum atomic E-state index is 11.0. The average Bonchev–Trinajstić information content (AvgIpc) is 2.34. The number of carboxylic acids is 1. The Labute approximate surface area is 121 Å². The number of aliphatic carboxylic acids is 1. The highest BCUT2D eigenvalue weighted by atomic mass is 127. The van der Waals surface area contributed by atoms with Crippen LogP contribution in [-0.4, -0.2) is 28.6 Å². The van der Waals surface area contributed by atoms with Crippen molar-refractivity contribution in [2.45, 2.75) is 32.4 Å². The molecule has 98 valence electrons. The van der Waals surface area contributed by atoms with E-state index in [1.54, 1.807) is 0 Å². The van der Waals surface area contributed by atoms with Crippen molar-refractivity contribution in [1.29, 1.82) is 0 Å². The van der Waals surface area contributed by atoms with Crippen molar-refractivity contribution in [3.63, 3.8) is 0 Å². The van der Waals surface area contributed by atoms with E-state index < -0.39 is 5.97 Å². The number of rotatable bonds is 3. The topological polar surface area (TPSA) is 40.5 Å². The third-order valence-corrected chi connectivity index (χ3v) is 4.38. The van der Waals surface area contributed by atoms with Gasteiger partial charge in [0.25, 0.3) is 0 Å². The Morgan fingerprint density at radius 1 is 1.44 bits per heavy atom. The molecule has 0 bridgehead atoms. The molecule has 1 saturated heterocycles. The van der Waals surface area contributed by atoms with E-state index in [1.165, 1.54) is 9.13 Å². The first-order valence-electron chi connectivity index (χ1n) is 6.27. The number of hydrogen-bond acceptors (Lipinski definition) is 2. The number of likely N-dealkylation sites (tertiary alicyclic amines) is 1. The van der Waals surface area contributed by atoms with Crippen LogP contribution in [-0.2, 0) is 11.3 Å². The van der Waals surface area contributed by atoms with Gasteiger partial charge in [-0.2, -0.15) is 0 Å². The van der Waals surface area contributed by atoms with E-state index in [0.29, 0.717) is 6.04 Å². The van der Waals surface area contributed by atoms with E-state index in [2.05, 4.69) is 58.7 Å². The lowest BCUT2D eigenvalue weighted by molar-refractivity contribution is -0.144. The molecule has 1 aromatic rings. The quantitative estimate of drug-likeness (QED) is 0.844. The molecule has 2 atom stereocenters. The van der Waals surface area contributed by atoms with Crippen molar-refractivity contribution in [3.8, 4) is 0 Å². The van der Waals surface area contributed by atoms with Gasteiger partial charge < -0.3 is 5.11 Å². The van der Waals surface area contributed by atoms with Gasteiger partial charge in [-0.3, -0.25) is 9.69 Å². The number of benzene rings is 1. The maximum Gasteiger partial charge on any atom is 0.306 e. The Morgan fingerprint density at radius 2 is 2.11 bits per heavy atom. The van der Waals surface area contributed by atoms with E-state index in [4.69, 9.17) is 5.11 Å². The van der Waals surface area contributed by atoms with Crippen LogP contribution in [0.1, 0.15) is 25.3 Å². The third-order valence-electron chi connectivity index (χ3n) is 3.66. The van der Waals surface area contributed by atoms with Crippen molar-refractivity contribution in [1.82, 2.24) is 4.90 Å². The van der Waals surface area contributed by atoms with Crippen molar-refractivity contribution in [2.75, 3.05) is 6.54 Å². The lowest BCUT2D eigenvalue weighted by atomic mass is 9.91. The monoisotopic (exact) mass is 359 g/mol. The van der Waals surface area contributed by atoms with Crippen LogP contribution in [0.25, 0.3) is 0 Å². The van der Waals surface area contributed by atoms with Gasteiger partial charge in [0, 0.05) is 16.2 Å². The highest BCUT2D eigenvalue weighted by Crippen LogP contribution is 2.24. The van der Waals surface area contributed by atoms with E-state index in [1.807, 2.05) is 0 Å². The molecule has 0 saturated carbocycles. The molecule has 2 rings (SSSR count). The van der Waals surface area contributed by atoms with Crippen molar-refractivity contribution < 1.29 is 9.90 Å². The van der Waals surface area contributed by atoms with Crippen LogP contribution in [0, 0.1) is 9.49 Å². The highest BCUT2D eigenvalue weighted by molar-refractivity contribution is 14.1. The van der Waals surface area contributed by atoms with Crippen LogP contribution in [0.4, 0.5) is 0 Å². The summed E-state index contributed by atoms with van der Waals surface area (Å²) < 4.78 is 1.24. The predicted octanol–water partition coefficient (Wildman–Crippen LogP) is 2.98. The van der Waals surface area contributed by atoms with Crippen LogP contribution >= 0.6 is 22.6 Å². The van der Waals surface area contributed by atoms with Gasteiger partial charge >= 0.3 is 5.97 Å². The first-order valence-corrected chi connectivity index (χ1v) is 7.35. The van der Waals surface area contributed by atoms with Gasteiger partial charge in [-0.25, -0.2) is 0 Å². The maximum absolute atomic E-state index is 11.0. The van der Waals surface area contributed by atoms with Gasteiger partial charge in [-0.05, 0) is 66.6 Å². The Hall–Kier alpha value is -0.620. The molecule has 1 heterocycles. The van der Waals surface area contributed by atoms with Crippen molar-refractivity contribution in [3.05, 3.63) is 33.4 Å². The van der Waals surface area contributed by atoms with Crippen LogP contribution < -0.4 is 0 Å². The van der Waals surface area contributed by atoms with Gasteiger partial charge in [0.05, 0.1) is 5.92 Å². The fourth-order valence-electron chi connectivity index (χ4n) is 2.50. The molecule has 0 aliphatic carbocycles. The lowest BCUT2D eigenvalue weighted by Crippen LogP contribution is -2.42. The molecule has 0 amide bonds. The van der Waals surface area contributed by atoms with Gasteiger partial charge in [0.15, 0.2) is 0 Å². The summed E-state index contributed by atoms with van der Waals surface area (Å²) in [7, 11) is 0. The second-order valence-corrected chi connectivity index (χ2v) is 6.25. The Balaban J connectivity index is 1.95. The minimum absolute atomic E-state index is 0.159. The predicted molar refractivity (Wildman–Crippen MR) is 79.4 cm³/mol. The molecule has 4 heteroatoms. The molecule has 3 nitrogen and oxygen atoms in total. The fourth-order valence-corrected chi connectivity index (χ4v) is 2.86. The second-order valence-electron chi connectivity index (χ2n) is 5.01. The van der Waals surface area contributed by atoms with E-state index in [0.717, 1.165) is 25.9 Å². The summed E-state index contributed by atoms with van der Waals surface area (Å²) in [6, 6.07) is 8.88. The zero-order valence-electron chi connectivity index (χ0n) is 10.5. The zero-order chi connectivity index (χ0) is 13.1. The van der Waals surface area contributed by atoms with Crippen LogP contribution in [0.15, 0.2) is 24.3 Å². The van der Waals surface area contributed by atoms with Crippen molar-refractivity contribution >= 4 is 28.6 Å². The van der Waals surface area contributed by atoms with Gasteiger partial charge in [-0.15, -0.1) is 0 Å². The molecule has 18 heavy (non-hydrogen) atoms. The second kappa shape index (κ2) is 6.02. The normalized spacial score (nSPS) is 25.0. The Morgan fingerprint density at radius 3 is 2.67 bits per heavy atom. The standard InChI is InChI=1S/C14H18INO2/c1-10-8-12(14(17)18)6-7-16(10)9-11-2-4-13(15)5-3-11/h2-5,10,12H,6-9H2,1H3,(H,17,18). The summed E-state index contributed by atoms with van der Waals surface area (Å²) in [5.41, 5.74) is 1.30. The summed E-state index contributed by atoms with van der Waals surface area (Å²) in [6.07, 6.45) is 1.53. The summed E-state index contributed by atoms with van der Waals surface area (Å²) >= 11 is 2.30. The van der Waals surface area contributed by atoms with Gasteiger partial charge in [0.1, 0.15) is 0 Å². The fraction of sp³-hybridized carbons (Fsp3) is 0.500. The third kappa shape index (κ3) is 3.45. The smallest absolute Gasteiger partial charge is 0.306 e. The molecular weight excluding hydrogens is 341 g/mol. The minimum atomic E-state index is -0.643. The number of piperidine rings is 1. The minimum Gasteiger partial charge on any atom is -0.481 e. The number of halogens is 1. The van der Waals surface area contributed by atoms with Crippen LogP contribution in [0.2, 0.25) is 0 Å². The molecule has 0 aromatic heterocycles. The summed E-state index contributed by atoms with van der Waals surface area (Å²) in [4.78, 5) is 13.4. The Bertz CT molecular complexity index is 418. The van der Waals surface area contributed by atoms with Crippen LogP contribution in [0.3, 0.4) is 0 Å². The van der Waals surface area contributed by atoms with E-state index >= 15 is 0 Å². The van der Waals surface area contributed by atoms with Crippen molar-refractivity contribution in [2.24, 2.45) is 5.92 Å². The highest BCUT2D eigenvalue weighted by Gasteiger charge is 2.29. The molecule has 1 aromatic carbocycles. The molecule has 1 N–H and O–H groups in total. The molecule has 2 unspecified atom stereocenters. The molecule has 1 aliphatic rings. The average molecular weight is 359 g/mol. The van der Waals surface area contributed by atoms with E-state index in [9.17, 15) is 4.79 Å². The molecule has 1 fully saturated rings. The molecule has 0 radical (unpaired) electrons. The number of carbonyl (C=O) groups is 1. The molecule has 0 spiro atoms. The molecule has 1 aliphatic heterocycles. The van der Waals surface area contributed by atoms with Crippen LogP contribution in [0.5, 0.6) is 0 Å². The summed E-state index contributed by atoms with van der Waals surface area (Å²) in [6.45, 7) is 3.93. The number of hydrogen-bond donors (Lipinski definition) is 1. The Kier molecular flexibility index (Phi) is 4.61. The first kappa shape index (κ1) is 13.8. The zero-order valence-corrected chi connectivity index (χ0v) is 12.6. The SMILES string of the molecule is CC1CC(C(=O)O)CCN1Cc1ccc(I)cc1. The number of carboxylic acid groups (broad SMARTS) is 1. The van der Waals surface area contributed by atoms with E-state index in [-0.39, 0.29) is 5.92 Å². The summed E-state index contributed by atoms with van der Waals surface area (Å²) in [5.74, 6) is -0.802. The van der Waals surface area contributed by atoms with Gasteiger partial charge in [-0.1, -0.05) is 12.1 Å². The molecular formula is C14H18INO2. The summed E-state index contributed by atoms with van der Waals surface area (Å²) in [5, 5.41) is 9.04. The van der Waals surface area contributed by atoms with Gasteiger partial charge in [0.2, 0.25) is 0 Å². The number of nitrogens with zero attached hydrogens (tertiary/aromatic N) is 1. The lowest BCUT2D eigenvalue weighted by Gasteiger charge is -2.36. The first-order chi connectivity index (χ1) is 8.56.